The van der Waals surface area contributed by atoms with Gasteiger partial charge in [-0.05, 0) is 36.4 Å². The van der Waals surface area contributed by atoms with E-state index in [1.165, 1.54) is 16.5 Å². The molecule has 1 aliphatic rings. The number of hydrogen-bond donors (Lipinski definition) is 1. The Morgan fingerprint density at radius 1 is 1.48 bits per heavy atom. The van der Waals surface area contributed by atoms with Crippen LogP contribution in [0.3, 0.4) is 0 Å². The van der Waals surface area contributed by atoms with Crippen LogP contribution in [0.2, 0.25) is 0 Å². The Bertz CT molecular complexity index is 681. The number of nitrogens with zero attached hydrogens (tertiary/aromatic N) is 1. The van der Waals surface area contributed by atoms with Crippen molar-refractivity contribution in [3.63, 3.8) is 0 Å². The van der Waals surface area contributed by atoms with E-state index in [9.17, 15) is 4.39 Å². The summed E-state index contributed by atoms with van der Waals surface area (Å²) in [6.45, 7) is 3.76. The number of benzene rings is 1. The lowest BCUT2D eigenvalue weighted by Crippen LogP contribution is -2.33. The highest BCUT2D eigenvalue weighted by Crippen LogP contribution is 2.33. The first-order valence-corrected chi connectivity index (χ1v) is 8.23. The average Bonchev–Trinajstić information content (AvgIpc) is 2.93. The highest BCUT2D eigenvalue weighted by atomic mass is 32.1. The summed E-state index contributed by atoms with van der Waals surface area (Å²) in [6.07, 6.45) is 1.05. The van der Waals surface area contributed by atoms with E-state index in [1.54, 1.807) is 12.1 Å². The number of thiophene rings is 1. The Hall–Kier alpha value is -1.30. The molecule has 2 N–H and O–H groups in total. The monoisotopic (exact) mass is 320 g/mol. The molecule has 110 valence electrons. The summed E-state index contributed by atoms with van der Waals surface area (Å²) >= 11 is 6.70. The molecule has 1 atom stereocenters. The molecule has 0 saturated carbocycles. The predicted octanol–water partition coefficient (Wildman–Crippen LogP) is 3.64. The maximum Gasteiger partial charge on any atom is 0.128 e. The van der Waals surface area contributed by atoms with Crippen molar-refractivity contribution in [2.75, 3.05) is 6.54 Å². The highest BCUT2D eigenvalue weighted by Gasteiger charge is 2.25. The minimum Gasteiger partial charge on any atom is -0.389 e. The van der Waals surface area contributed by atoms with Crippen molar-refractivity contribution in [1.82, 2.24) is 4.90 Å². The molecule has 0 radical (unpaired) electrons. The van der Waals surface area contributed by atoms with E-state index in [0.717, 1.165) is 13.0 Å². The summed E-state index contributed by atoms with van der Waals surface area (Å²) in [4.78, 5) is 4.01. The van der Waals surface area contributed by atoms with Crippen LogP contribution in [0.5, 0.6) is 0 Å². The zero-order valence-corrected chi connectivity index (χ0v) is 13.4. The maximum atomic E-state index is 14.2. The van der Waals surface area contributed by atoms with Crippen LogP contribution in [-0.2, 0) is 13.0 Å². The third kappa shape index (κ3) is 2.86. The first-order valence-electron chi connectivity index (χ1n) is 6.95. The van der Waals surface area contributed by atoms with E-state index < -0.39 is 0 Å². The van der Waals surface area contributed by atoms with Crippen molar-refractivity contribution in [2.24, 2.45) is 5.73 Å². The topological polar surface area (TPSA) is 29.3 Å². The lowest BCUT2D eigenvalue weighted by molar-refractivity contribution is 0.189. The molecule has 0 amide bonds. The zero-order valence-electron chi connectivity index (χ0n) is 11.8. The Kier molecular flexibility index (Phi) is 4.06. The third-order valence-corrected chi connectivity index (χ3v) is 5.35. The Morgan fingerprint density at radius 3 is 3.00 bits per heavy atom. The van der Waals surface area contributed by atoms with Crippen LogP contribution in [0.25, 0.3) is 0 Å². The Morgan fingerprint density at radius 2 is 2.29 bits per heavy atom. The summed E-state index contributed by atoms with van der Waals surface area (Å²) in [5, 5.41) is 2.14. The van der Waals surface area contributed by atoms with E-state index in [2.05, 4.69) is 23.3 Å². The summed E-state index contributed by atoms with van der Waals surface area (Å²) in [6, 6.07) is 7.53. The van der Waals surface area contributed by atoms with E-state index in [0.29, 0.717) is 23.7 Å². The molecule has 0 spiro atoms. The van der Waals surface area contributed by atoms with Crippen molar-refractivity contribution in [1.29, 1.82) is 0 Å². The molecule has 5 heteroatoms. The molecule has 2 heterocycles. The molecule has 2 nitrogen and oxygen atoms in total. The van der Waals surface area contributed by atoms with Gasteiger partial charge in [0.1, 0.15) is 10.8 Å². The molecular weight excluding hydrogens is 303 g/mol. The molecule has 21 heavy (non-hydrogen) atoms. The molecule has 0 aliphatic carbocycles. The Labute approximate surface area is 133 Å². The normalized spacial score (nSPS) is 18.5. The molecule has 0 saturated heterocycles. The van der Waals surface area contributed by atoms with Gasteiger partial charge in [0.15, 0.2) is 0 Å². The van der Waals surface area contributed by atoms with Gasteiger partial charge >= 0.3 is 0 Å². The second-order valence-electron chi connectivity index (χ2n) is 5.37. The summed E-state index contributed by atoms with van der Waals surface area (Å²) in [5.41, 5.74) is 8.19. The molecule has 1 aliphatic heterocycles. The number of nitrogens with two attached hydrogens (primary N) is 1. The fraction of sp³-hybridized carbons (Fsp3) is 0.312. The van der Waals surface area contributed by atoms with Gasteiger partial charge in [0, 0.05) is 35.1 Å². The molecule has 0 bridgehead atoms. The summed E-state index contributed by atoms with van der Waals surface area (Å²) < 4.78 is 14.2. The van der Waals surface area contributed by atoms with Crippen molar-refractivity contribution in [3.8, 4) is 0 Å². The lowest BCUT2D eigenvalue weighted by Gasteiger charge is -2.33. The third-order valence-electron chi connectivity index (χ3n) is 4.11. The molecule has 3 rings (SSSR count). The lowest BCUT2D eigenvalue weighted by atomic mass is 10.0. The summed E-state index contributed by atoms with van der Waals surface area (Å²) in [5.74, 6) is -0.233. The first kappa shape index (κ1) is 14.6. The van der Waals surface area contributed by atoms with Gasteiger partial charge in [-0.1, -0.05) is 24.4 Å². The van der Waals surface area contributed by atoms with Gasteiger partial charge in [-0.25, -0.2) is 4.39 Å². The molecule has 1 aromatic carbocycles. The molecule has 1 aromatic heterocycles. The molecule has 0 fully saturated rings. The van der Waals surface area contributed by atoms with E-state index >= 15 is 0 Å². The van der Waals surface area contributed by atoms with Crippen molar-refractivity contribution in [2.45, 2.75) is 25.9 Å². The maximum absolute atomic E-state index is 14.2. The Balaban J connectivity index is 1.80. The number of thiocarbonyl (C=S) groups is 1. The molecular formula is C16H17FN2S2. The van der Waals surface area contributed by atoms with Gasteiger partial charge in [0.05, 0.1) is 0 Å². The van der Waals surface area contributed by atoms with Gasteiger partial charge in [0.2, 0.25) is 0 Å². The minimum atomic E-state index is -0.233. The second kappa shape index (κ2) is 5.83. The smallest absolute Gasteiger partial charge is 0.128 e. The van der Waals surface area contributed by atoms with Crippen LogP contribution in [0, 0.1) is 5.82 Å². The fourth-order valence-corrected chi connectivity index (χ4v) is 3.91. The number of halogens is 1. The standard InChI is InChI=1S/C16H17FN2S2/c1-10-13-5-7-21-15(13)4-6-19(10)9-12-3-2-11(16(18)20)8-14(12)17/h2-3,5,7-8,10H,4,6,9H2,1H3,(H2,18,20). The van der Waals surface area contributed by atoms with Gasteiger partial charge in [-0.2, -0.15) is 0 Å². The van der Waals surface area contributed by atoms with Gasteiger partial charge in [-0.3, -0.25) is 4.90 Å². The minimum absolute atomic E-state index is 0.231. The largest absolute Gasteiger partial charge is 0.389 e. The van der Waals surface area contributed by atoms with Crippen LogP contribution in [0.15, 0.2) is 29.6 Å². The van der Waals surface area contributed by atoms with E-state index in [4.69, 9.17) is 18.0 Å². The number of rotatable bonds is 3. The van der Waals surface area contributed by atoms with Crippen molar-refractivity contribution < 1.29 is 4.39 Å². The van der Waals surface area contributed by atoms with Gasteiger partial charge < -0.3 is 5.73 Å². The van der Waals surface area contributed by atoms with E-state index in [-0.39, 0.29) is 10.8 Å². The van der Waals surface area contributed by atoms with Crippen LogP contribution in [0.1, 0.15) is 34.5 Å². The number of fused-ring (bicyclic) bond motifs is 1. The van der Waals surface area contributed by atoms with Crippen molar-refractivity contribution >= 4 is 28.5 Å². The second-order valence-corrected chi connectivity index (χ2v) is 6.81. The van der Waals surface area contributed by atoms with Crippen molar-refractivity contribution in [3.05, 3.63) is 57.0 Å². The van der Waals surface area contributed by atoms with Crippen LogP contribution >= 0.6 is 23.6 Å². The fourth-order valence-electron chi connectivity index (χ4n) is 2.83. The van der Waals surface area contributed by atoms with E-state index in [1.807, 2.05) is 11.3 Å². The summed E-state index contributed by atoms with van der Waals surface area (Å²) in [7, 11) is 0. The van der Waals surface area contributed by atoms with Crippen LogP contribution in [0.4, 0.5) is 4.39 Å². The zero-order chi connectivity index (χ0) is 15.0. The predicted molar refractivity (Wildman–Crippen MR) is 89.1 cm³/mol. The van der Waals surface area contributed by atoms with Gasteiger partial charge in [0.25, 0.3) is 0 Å². The van der Waals surface area contributed by atoms with Gasteiger partial charge in [-0.15, -0.1) is 11.3 Å². The van der Waals surface area contributed by atoms with Crippen LogP contribution < -0.4 is 5.73 Å². The molecule has 1 unspecified atom stereocenters. The van der Waals surface area contributed by atoms with Crippen LogP contribution in [-0.4, -0.2) is 16.4 Å². The first-order chi connectivity index (χ1) is 10.1. The number of hydrogen-bond acceptors (Lipinski definition) is 3. The molecule has 2 aromatic rings. The highest BCUT2D eigenvalue weighted by molar-refractivity contribution is 7.80. The quantitative estimate of drug-likeness (QED) is 0.876. The average molecular weight is 320 g/mol. The SMILES string of the molecule is CC1c2ccsc2CCN1Cc1ccc(C(N)=S)cc1F.